The fourth-order valence-corrected chi connectivity index (χ4v) is 2.54. The van der Waals surface area contributed by atoms with E-state index in [0.717, 1.165) is 24.8 Å². The van der Waals surface area contributed by atoms with Crippen molar-refractivity contribution in [3.05, 3.63) is 0 Å². The Morgan fingerprint density at radius 2 is 2.00 bits per heavy atom. The Bertz CT molecular complexity index is 201. The van der Waals surface area contributed by atoms with Crippen molar-refractivity contribution in [3.63, 3.8) is 0 Å². The van der Waals surface area contributed by atoms with Gasteiger partial charge in [0.25, 0.3) is 0 Å². The lowest BCUT2D eigenvalue weighted by Gasteiger charge is -2.37. The molecule has 0 aromatic heterocycles. The standard InChI is InChI=1S/C14H29NO/c1-5-14(4,10-16)9-15-13-8-6-7-11(2)12(13)3/h11-13,15-16H,5-10H2,1-4H3. The number of nitrogens with one attached hydrogen (secondary N) is 1. The zero-order chi connectivity index (χ0) is 12.2. The monoisotopic (exact) mass is 227 g/mol. The summed E-state index contributed by atoms with van der Waals surface area (Å²) in [6.07, 6.45) is 5.07. The van der Waals surface area contributed by atoms with Crippen LogP contribution in [0, 0.1) is 17.3 Å². The van der Waals surface area contributed by atoms with E-state index in [-0.39, 0.29) is 12.0 Å². The van der Waals surface area contributed by atoms with Gasteiger partial charge >= 0.3 is 0 Å². The molecule has 1 fully saturated rings. The molecule has 2 N–H and O–H groups in total. The summed E-state index contributed by atoms with van der Waals surface area (Å²) in [6.45, 7) is 10.3. The normalized spacial score (nSPS) is 34.7. The van der Waals surface area contributed by atoms with Crippen molar-refractivity contribution in [2.75, 3.05) is 13.2 Å². The first-order chi connectivity index (χ1) is 7.52. The lowest BCUT2D eigenvalue weighted by molar-refractivity contribution is 0.117. The number of rotatable bonds is 5. The smallest absolute Gasteiger partial charge is 0.0496 e. The van der Waals surface area contributed by atoms with E-state index in [1.807, 2.05) is 0 Å². The van der Waals surface area contributed by atoms with Gasteiger partial charge in [-0.2, -0.15) is 0 Å². The van der Waals surface area contributed by atoms with Crippen LogP contribution in [0.1, 0.15) is 53.4 Å². The molecule has 0 amide bonds. The Labute approximate surface area is 101 Å². The molecule has 2 nitrogen and oxygen atoms in total. The molecule has 1 aliphatic rings. The summed E-state index contributed by atoms with van der Waals surface area (Å²) in [5.41, 5.74) is 0.0560. The van der Waals surface area contributed by atoms with Crippen LogP contribution >= 0.6 is 0 Å². The van der Waals surface area contributed by atoms with E-state index in [0.29, 0.717) is 6.04 Å². The van der Waals surface area contributed by atoms with Crippen LogP contribution in [0.15, 0.2) is 0 Å². The van der Waals surface area contributed by atoms with E-state index in [1.165, 1.54) is 19.3 Å². The minimum atomic E-state index is 0.0560. The third kappa shape index (κ3) is 3.46. The molecule has 16 heavy (non-hydrogen) atoms. The molecular formula is C14H29NO. The lowest BCUT2D eigenvalue weighted by Crippen LogP contribution is -2.45. The molecule has 0 bridgehead atoms. The van der Waals surface area contributed by atoms with Gasteiger partial charge in [-0.25, -0.2) is 0 Å². The zero-order valence-electron chi connectivity index (χ0n) is 11.4. The molecule has 0 aromatic carbocycles. The highest BCUT2D eigenvalue weighted by atomic mass is 16.3. The van der Waals surface area contributed by atoms with Gasteiger partial charge in [0.15, 0.2) is 0 Å². The molecule has 0 aromatic rings. The molecule has 0 saturated heterocycles. The molecule has 1 rings (SSSR count). The quantitative estimate of drug-likeness (QED) is 0.757. The third-order valence-electron chi connectivity index (χ3n) is 4.73. The van der Waals surface area contributed by atoms with Crippen LogP contribution in [0.5, 0.6) is 0 Å². The lowest BCUT2D eigenvalue weighted by atomic mass is 9.77. The van der Waals surface area contributed by atoms with Crippen LogP contribution in [0.2, 0.25) is 0 Å². The summed E-state index contributed by atoms with van der Waals surface area (Å²) in [4.78, 5) is 0. The highest BCUT2D eigenvalue weighted by Crippen LogP contribution is 2.30. The maximum Gasteiger partial charge on any atom is 0.0496 e. The van der Waals surface area contributed by atoms with Gasteiger partial charge in [0.1, 0.15) is 0 Å². The first-order valence-corrected chi connectivity index (χ1v) is 6.86. The first kappa shape index (κ1) is 14.0. The molecule has 0 radical (unpaired) electrons. The Morgan fingerprint density at radius 3 is 2.56 bits per heavy atom. The zero-order valence-corrected chi connectivity index (χ0v) is 11.4. The van der Waals surface area contributed by atoms with Gasteiger partial charge < -0.3 is 10.4 Å². The molecule has 0 heterocycles. The average Bonchev–Trinajstić information content (AvgIpc) is 2.31. The maximum absolute atomic E-state index is 9.39. The minimum absolute atomic E-state index is 0.0560. The van der Waals surface area contributed by atoms with Crippen molar-refractivity contribution < 1.29 is 5.11 Å². The van der Waals surface area contributed by atoms with Crippen molar-refractivity contribution in [2.24, 2.45) is 17.3 Å². The average molecular weight is 227 g/mol. The van der Waals surface area contributed by atoms with Crippen molar-refractivity contribution in [1.29, 1.82) is 0 Å². The summed E-state index contributed by atoms with van der Waals surface area (Å²) >= 11 is 0. The van der Waals surface area contributed by atoms with Crippen LogP contribution in [0.25, 0.3) is 0 Å². The predicted molar refractivity (Wildman–Crippen MR) is 69.5 cm³/mol. The second-order valence-corrected chi connectivity index (χ2v) is 6.08. The minimum Gasteiger partial charge on any atom is -0.396 e. The third-order valence-corrected chi connectivity index (χ3v) is 4.73. The fraction of sp³-hybridized carbons (Fsp3) is 1.00. The van der Waals surface area contributed by atoms with E-state index < -0.39 is 0 Å². The number of aliphatic hydroxyl groups excluding tert-OH is 1. The predicted octanol–water partition coefficient (Wildman–Crippen LogP) is 2.81. The van der Waals surface area contributed by atoms with E-state index in [2.05, 4.69) is 33.0 Å². The summed E-state index contributed by atoms with van der Waals surface area (Å²) in [7, 11) is 0. The summed E-state index contributed by atoms with van der Waals surface area (Å²) < 4.78 is 0. The molecule has 1 saturated carbocycles. The van der Waals surface area contributed by atoms with Crippen LogP contribution in [-0.4, -0.2) is 24.3 Å². The molecule has 4 atom stereocenters. The van der Waals surface area contributed by atoms with E-state index in [1.54, 1.807) is 0 Å². The molecule has 2 heteroatoms. The summed E-state index contributed by atoms with van der Waals surface area (Å²) in [5, 5.41) is 13.1. The molecule has 4 unspecified atom stereocenters. The van der Waals surface area contributed by atoms with Crippen LogP contribution in [0.3, 0.4) is 0 Å². The largest absolute Gasteiger partial charge is 0.396 e. The van der Waals surface area contributed by atoms with E-state index in [9.17, 15) is 5.11 Å². The molecular weight excluding hydrogens is 198 g/mol. The highest BCUT2D eigenvalue weighted by Gasteiger charge is 2.29. The van der Waals surface area contributed by atoms with Crippen molar-refractivity contribution in [1.82, 2.24) is 5.32 Å². The molecule has 96 valence electrons. The highest BCUT2D eigenvalue weighted by molar-refractivity contribution is 4.85. The number of hydrogen-bond donors (Lipinski definition) is 2. The number of hydrogen-bond acceptors (Lipinski definition) is 2. The SMILES string of the molecule is CCC(C)(CO)CNC1CCCC(C)C1C. The van der Waals surface area contributed by atoms with Gasteiger partial charge in [0.2, 0.25) is 0 Å². The topological polar surface area (TPSA) is 32.3 Å². The Balaban J connectivity index is 2.42. The second-order valence-electron chi connectivity index (χ2n) is 6.08. The Hall–Kier alpha value is -0.0800. The molecule has 0 aliphatic heterocycles. The Kier molecular flexibility index (Phi) is 5.26. The van der Waals surface area contributed by atoms with Gasteiger partial charge in [-0.15, -0.1) is 0 Å². The summed E-state index contributed by atoms with van der Waals surface area (Å²) in [6, 6.07) is 0.654. The van der Waals surface area contributed by atoms with Gasteiger partial charge in [0.05, 0.1) is 0 Å². The van der Waals surface area contributed by atoms with E-state index >= 15 is 0 Å². The summed E-state index contributed by atoms with van der Waals surface area (Å²) in [5.74, 6) is 1.61. The van der Waals surface area contributed by atoms with Crippen LogP contribution < -0.4 is 5.32 Å². The second kappa shape index (κ2) is 6.02. The van der Waals surface area contributed by atoms with Crippen molar-refractivity contribution in [2.45, 2.75) is 59.4 Å². The molecule has 0 spiro atoms. The van der Waals surface area contributed by atoms with Crippen molar-refractivity contribution >= 4 is 0 Å². The number of aliphatic hydroxyl groups is 1. The van der Waals surface area contributed by atoms with Gasteiger partial charge in [-0.1, -0.05) is 40.5 Å². The van der Waals surface area contributed by atoms with Crippen molar-refractivity contribution in [3.8, 4) is 0 Å². The Morgan fingerprint density at radius 1 is 1.31 bits per heavy atom. The van der Waals surface area contributed by atoms with Gasteiger partial charge in [-0.3, -0.25) is 0 Å². The van der Waals surface area contributed by atoms with Crippen LogP contribution in [0.4, 0.5) is 0 Å². The van der Waals surface area contributed by atoms with Gasteiger partial charge in [-0.05, 0) is 24.7 Å². The maximum atomic E-state index is 9.39. The van der Waals surface area contributed by atoms with Gasteiger partial charge in [0, 0.05) is 24.6 Å². The molecule has 1 aliphatic carbocycles. The van der Waals surface area contributed by atoms with E-state index in [4.69, 9.17) is 0 Å². The first-order valence-electron chi connectivity index (χ1n) is 6.86. The fourth-order valence-electron chi connectivity index (χ4n) is 2.54. The van der Waals surface area contributed by atoms with Crippen LogP contribution in [-0.2, 0) is 0 Å².